The Hall–Kier alpha value is -2.47. The average molecular weight is 292 g/mol. The topological polar surface area (TPSA) is 90.4 Å². The van der Waals surface area contributed by atoms with Gasteiger partial charge in [-0.15, -0.1) is 0 Å². The molecule has 1 rings (SSSR count). The number of rotatable bonds is 5. The summed E-state index contributed by atoms with van der Waals surface area (Å²) in [5, 5.41) is 0. The average Bonchev–Trinajstić information content (AvgIpc) is 2.47. The molecular weight excluding hydrogens is 274 g/mol. The van der Waals surface area contributed by atoms with Crippen molar-refractivity contribution in [2.45, 2.75) is 6.92 Å². The summed E-state index contributed by atoms with van der Waals surface area (Å²) in [5.74, 6) is -1.23. The fourth-order valence-electron chi connectivity index (χ4n) is 1.34. The van der Waals surface area contributed by atoms with Gasteiger partial charge in [0.25, 0.3) is 0 Å². The molecule has 0 spiro atoms. The van der Waals surface area contributed by atoms with Gasteiger partial charge in [0, 0.05) is 18.3 Å². The van der Waals surface area contributed by atoms with Crippen LogP contribution >= 0.6 is 0 Å². The van der Waals surface area contributed by atoms with Crippen LogP contribution in [-0.4, -0.2) is 12.8 Å². The molecule has 1 aromatic rings. The first-order valence-corrected chi connectivity index (χ1v) is 6.16. The zero-order valence-corrected chi connectivity index (χ0v) is 11.7. The number of hydrogen-bond acceptors (Lipinski definition) is 4. The van der Waals surface area contributed by atoms with E-state index in [4.69, 9.17) is 17.2 Å². The van der Waals surface area contributed by atoms with Gasteiger partial charge in [-0.25, -0.2) is 13.8 Å². The lowest BCUT2D eigenvalue weighted by Crippen LogP contribution is -2.07. The molecule has 6 heteroatoms. The Labute approximate surface area is 122 Å². The highest BCUT2D eigenvalue weighted by atomic mass is 19.1. The van der Waals surface area contributed by atoms with E-state index in [0.717, 1.165) is 11.6 Å². The molecule has 0 radical (unpaired) electrons. The smallest absolute Gasteiger partial charge is 0.156 e. The Bertz CT molecular complexity index is 631. The Morgan fingerprint density at radius 2 is 2.05 bits per heavy atom. The predicted octanol–water partition coefficient (Wildman–Crippen LogP) is 2.34. The molecule has 0 unspecified atom stereocenters. The minimum atomic E-state index is -0.811. The molecule has 0 atom stereocenters. The van der Waals surface area contributed by atoms with E-state index in [-0.39, 0.29) is 17.1 Å². The molecule has 0 fully saturated rings. The van der Waals surface area contributed by atoms with E-state index in [2.05, 4.69) is 11.6 Å². The van der Waals surface area contributed by atoms with E-state index in [9.17, 15) is 8.78 Å². The van der Waals surface area contributed by atoms with E-state index >= 15 is 0 Å². The maximum absolute atomic E-state index is 13.7. The molecule has 0 aliphatic carbocycles. The van der Waals surface area contributed by atoms with Crippen LogP contribution in [-0.2, 0) is 0 Å². The molecular formula is C15H18F2N4. The van der Waals surface area contributed by atoms with Gasteiger partial charge in [0.1, 0.15) is 11.6 Å². The lowest BCUT2D eigenvalue weighted by molar-refractivity contribution is 0.582. The largest absolute Gasteiger partial charge is 0.396 e. The van der Waals surface area contributed by atoms with E-state index in [0.29, 0.717) is 12.1 Å². The van der Waals surface area contributed by atoms with Crippen LogP contribution in [0.2, 0.25) is 0 Å². The molecule has 0 saturated heterocycles. The van der Waals surface area contributed by atoms with Crippen molar-refractivity contribution in [2.75, 3.05) is 12.3 Å². The fraction of sp³-hybridized carbons (Fsp3) is 0.133. The summed E-state index contributed by atoms with van der Waals surface area (Å²) in [7, 11) is 0. The highest BCUT2D eigenvalue weighted by Gasteiger charge is 2.08. The maximum Gasteiger partial charge on any atom is 0.156 e. The van der Waals surface area contributed by atoms with Crippen molar-refractivity contribution in [2.24, 2.45) is 16.5 Å². The molecule has 0 bridgehead atoms. The summed E-state index contributed by atoms with van der Waals surface area (Å²) in [5.41, 5.74) is 17.3. The van der Waals surface area contributed by atoms with Crippen LogP contribution in [0.3, 0.4) is 0 Å². The Balaban J connectivity index is 2.90. The molecule has 21 heavy (non-hydrogen) atoms. The van der Waals surface area contributed by atoms with Crippen molar-refractivity contribution in [1.29, 1.82) is 0 Å². The van der Waals surface area contributed by atoms with Crippen LogP contribution in [0.4, 0.5) is 14.5 Å². The van der Waals surface area contributed by atoms with Crippen molar-refractivity contribution in [3.8, 4) is 0 Å². The first kappa shape index (κ1) is 16.6. The first-order valence-electron chi connectivity index (χ1n) is 6.16. The maximum atomic E-state index is 13.7. The van der Waals surface area contributed by atoms with Gasteiger partial charge in [-0.05, 0) is 36.3 Å². The van der Waals surface area contributed by atoms with Gasteiger partial charge < -0.3 is 17.2 Å². The zero-order valence-electron chi connectivity index (χ0n) is 11.7. The number of benzene rings is 1. The molecule has 112 valence electrons. The number of nitrogen functional groups attached to an aromatic ring is 1. The quantitative estimate of drug-likeness (QED) is 0.442. The molecule has 1 aromatic carbocycles. The third kappa shape index (κ3) is 4.54. The molecule has 0 aromatic heterocycles. The summed E-state index contributed by atoms with van der Waals surface area (Å²) < 4.78 is 27.2. The van der Waals surface area contributed by atoms with Crippen LogP contribution in [0, 0.1) is 11.6 Å². The molecule has 6 N–H and O–H groups in total. The van der Waals surface area contributed by atoms with E-state index in [1.54, 1.807) is 6.92 Å². The van der Waals surface area contributed by atoms with Gasteiger partial charge in [-0.2, -0.15) is 0 Å². The number of nitrogens with two attached hydrogens (primary N) is 3. The molecule has 0 heterocycles. The van der Waals surface area contributed by atoms with Crippen LogP contribution in [0.5, 0.6) is 0 Å². The first-order chi connectivity index (χ1) is 9.86. The SMILES string of the molecule is C=C(C=Cc1c(F)ccc(N)c1F)C=N/C(N)=C(\C)CN. The lowest BCUT2D eigenvalue weighted by Gasteiger charge is -2.02. The molecule has 0 aliphatic heterocycles. The van der Waals surface area contributed by atoms with Gasteiger partial charge in [0.15, 0.2) is 5.82 Å². The minimum absolute atomic E-state index is 0.124. The lowest BCUT2D eigenvalue weighted by atomic mass is 10.1. The van der Waals surface area contributed by atoms with Gasteiger partial charge in [-0.1, -0.05) is 12.7 Å². The highest BCUT2D eigenvalue weighted by Crippen LogP contribution is 2.20. The summed E-state index contributed by atoms with van der Waals surface area (Å²) in [4.78, 5) is 3.96. The standard InChI is InChI=1S/C15H18F2N4/c1-9(8-21-15(20)10(2)7-18)3-4-11-12(16)5-6-13(19)14(11)17/h3-6,8H,1,7,18-20H2,2H3/b4-3?,15-10+,21-8?. The van der Waals surface area contributed by atoms with Gasteiger partial charge in [0.05, 0.1) is 5.69 Å². The number of halogens is 2. The number of nitrogens with zero attached hydrogens (tertiary/aromatic N) is 1. The third-order valence-electron chi connectivity index (χ3n) is 2.73. The van der Waals surface area contributed by atoms with Crippen molar-refractivity contribution in [3.05, 3.63) is 59.0 Å². The minimum Gasteiger partial charge on any atom is -0.396 e. The normalized spacial score (nSPS) is 13.0. The Morgan fingerprint density at radius 1 is 1.38 bits per heavy atom. The zero-order chi connectivity index (χ0) is 16.0. The van der Waals surface area contributed by atoms with Crippen molar-refractivity contribution >= 4 is 18.0 Å². The summed E-state index contributed by atoms with van der Waals surface area (Å²) >= 11 is 0. The van der Waals surface area contributed by atoms with Crippen molar-refractivity contribution in [3.63, 3.8) is 0 Å². The van der Waals surface area contributed by atoms with Crippen molar-refractivity contribution < 1.29 is 8.78 Å². The van der Waals surface area contributed by atoms with E-state index < -0.39 is 11.6 Å². The van der Waals surface area contributed by atoms with E-state index in [1.807, 2.05) is 0 Å². The van der Waals surface area contributed by atoms with Crippen molar-refractivity contribution in [1.82, 2.24) is 0 Å². The van der Waals surface area contributed by atoms with E-state index in [1.165, 1.54) is 24.4 Å². The number of anilines is 1. The number of aliphatic imine (C=N–C) groups is 1. The second kappa shape index (κ2) is 7.35. The second-order valence-corrected chi connectivity index (χ2v) is 4.40. The van der Waals surface area contributed by atoms with Gasteiger partial charge >= 0.3 is 0 Å². The molecule has 0 aliphatic rings. The van der Waals surface area contributed by atoms with Crippen LogP contribution in [0.1, 0.15) is 12.5 Å². The summed E-state index contributed by atoms with van der Waals surface area (Å²) in [6, 6.07) is 2.26. The highest BCUT2D eigenvalue weighted by molar-refractivity contribution is 5.84. The number of hydrogen-bond donors (Lipinski definition) is 3. The Kier molecular flexibility index (Phi) is 5.80. The van der Waals surface area contributed by atoms with Gasteiger partial charge in [-0.3, -0.25) is 0 Å². The summed E-state index contributed by atoms with van der Waals surface area (Å²) in [6.45, 7) is 5.74. The molecule has 4 nitrogen and oxygen atoms in total. The predicted molar refractivity (Wildman–Crippen MR) is 83.4 cm³/mol. The molecule has 0 amide bonds. The van der Waals surface area contributed by atoms with Crippen LogP contribution < -0.4 is 17.2 Å². The molecule has 0 saturated carbocycles. The fourth-order valence-corrected chi connectivity index (χ4v) is 1.34. The van der Waals surface area contributed by atoms with Crippen LogP contribution in [0.15, 0.2) is 46.7 Å². The Morgan fingerprint density at radius 3 is 2.67 bits per heavy atom. The monoisotopic (exact) mass is 292 g/mol. The summed E-state index contributed by atoms with van der Waals surface area (Å²) in [6.07, 6.45) is 4.04. The van der Waals surface area contributed by atoms with Gasteiger partial charge in [0.2, 0.25) is 0 Å². The number of allylic oxidation sites excluding steroid dienone is 2. The third-order valence-corrected chi connectivity index (χ3v) is 2.73. The van der Waals surface area contributed by atoms with Crippen LogP contribution in [0.25, 0.3) is 6.08 Å². The second-order valence-electron chi connectivity index (χ2n) is 4.40.